The number of pyridine rings is 1. The molecule has 0 bridgehead atoms. The fourth-order valence-corrected chi connectivity index (χ4v) is 8.44. The zero-order valence-corrected chi connectivity index (χ0v) is 31.7. The van der Waals surface area contributed by atoms with Crippen LogP contribution in [0.5, 0.6) is 11.5 Å². The Morgan fingerprint density at radius 2 is 1.14 bits per heavy atom. The summed E-state index contributed by atoms with van der Waals surface area (Å²) < 4.78 is 13.4. The van der Waals surface area contributed by atoms with Crippen LogP contribution in [0, 0.1) is 6.92 Å². The molecule has 0 saturated heterocycles. The molecule has 10 aromatic rings. The third-order valence-corrected chi connectivity index (χ3v) is 11.0. The topological polar surface area (TPSA) is 33.1 Å². The van der Waals surface area contributed by atoms with E-state index in [0.717, 1.165) is 89.8 Å². The number of hydrogen-bond donors (Lipinski definition) is 0. The first-order valence-corrected chi connectivity index (χ1v) is 19.6. The van der Waals surface area contributed by atoms with Gasteiger partial charge in [-0.05, 0) is 93.3 Å². The molecule has 3 heterocycles. The van der Waals surface area contributed by atoms with Crippen LogP contribution in [0.25, 0.3) is 60.6 Å². The van der Waals surface area contributed by atoms with Crippen molar-refractivity contribution >= 4 is 61.3 Å². The molecule has 0 aliphatic carbocycles. The minimum Gasteiger partial charge on any atom is -0.457 e. The molecule has 11 rings (SSSR count). The third kappa shape index (κ3) is 5.61. The van der Waals surface area contributed by atoms with Gasteiger partial charge in [-0.3, -0.25) is 4.57 Å². The molecule has 0 N–H and O–H groups in total. The molecule has 0 fully saturated rings. The van der Waals surface area contributed by atoms with Crippen molar-refractivity contribution in [1.82, 2.24) is 18.7 Å². The Morgan fingerprint density at radius 1 is 0.483 bits per heavy atom. The van der Waals surface area contributed by atoms with Crippen molar-refractivity contribution in [2.45, 2.75) is 6.92 Å². The van der Waals surface area contributed by atoms with E-state index < -0.39 is 0 Å². The van der Waals surface area contributed by atoms with Crippen molar-refractivity contribution in [3.63, 3.8) is 0 Å². The number of rotatable bonds is 7. The van der Waals surface area contributed by atoms with Crippen LogP contribution in [0.3, 0.4) is 0 Å². The Hall–Kier alpha value is -7.85. The maximum atomic E-state index is 6.72. The van der Waals surface area contributed by atoms with Gasteiger partial charge in [0.1, 0.15) is 17.3 Å². The smallest absolute Gasteiger partial charge is 0.457 e. The van der Waals surface area contributed by atoms with Crippen LogP contribution >= 0.6 is 0 Å². The lowest BCUT2D eigenvalue weighted by Gasteiger charge is -2.11. The van der Waals surface area contributed by atoms with Crippen LogP contribution < -0.4 is 13.9 Å². The van der Waals surface area contributed by atoms with Gasteiger partial charge in [0.2, 0.25) is 11.4 Å². The first-order chi connectivity index (χ1) is 28.7. The van der Waals surface area contributed by atoms with Crippen LogP contribution in [0.2, 0.25) is 0 Å². The molecule has 0 radical (unpaired) electrons. The Bertz CT molecular complexity index is 3250. The highest BCUT2D eigenvalue weighted by Crippen LogP contribution is 2.47. The zero-order chi connectivity index (χ0) is 38.6. The monoisotopic (exact) mass is 744 g/mol. The van der Waals surface area contributed by atoms with Crippen LogP contribution in [-0.4, -0.2) is 15.6 Å². The van der Waals surface area contributed by atoms with Crippen molar-refractivity contribution in [1.29, 1.82) is 0 Å². The quantitative estimate of drug-likeness (QED) is 0.152. The van der Waals surface area contributed by atoms with E-state index >= 15 is 0 Å². The van der Waals surface area contributed by atoms with E-state index in [9.17, 15) is 0 Å². The molecule has 0 spiro atoms. The third-order valence-electron chi connectivity index (χ3n) is 11.0. The lowest BCUT2D eigenvalue weighted by atomic mass is 9.95. The molecule has 2 aromatic heterocycles. The van der Waals surface area contributed by atoms with Crippen molar-refractivity contribution in [3.05, 3.63) is 206 Å². The number of ether oxygens (including phenoxy) is 1. The molecule has 0 saturated carbocycles. The van der Waals surface area contributed by atoms with Gasteiger partial charge in [-0.2, -0.15) is 0 Å². The molecule has 0 amide bonds. The summed E-state index contributed by atoms with van der Waals surface area (Å²) in [6.45, 7) is 2.03. The molecule has 1 aliphatic heterocycles. The van der Waals surface area contributed by atoms with Crippen molar-refractivity contribution in [3.8, 4) is 39.6 Å². The Labute approximate surface area is 336 Å². The molecule has 58 heavy (non-hydrogen) atoms. The minimum atomic E-state index is 0.727. The summed E-state index contributed by atoms with van der Waals surface area (Å²) in [6.07, 6.45) is 0. The summed E-state index contributed by atoms with van der Waals surface area (Å²) in [5, 5.41) is 4.64. The summed E-state index contributed by atoms with van der Waals surface area (Å²) in [6, 6.07) is 73.9. The summed E-state index contributed by atoms with van der Waals surface area (Å²) in [5.74, 6) is 2.35. The number of nitrogens with zero attached hydrogens (tertiary/aromatic N) is 4. The maximum absolute atomic E-state index is 6.72. The van der Waals surface area contributed by atoms with Gasteiger partial charge in [-0.25, -0.2) is 4.98 Å². The SMILES string of the molecule is Cc1cccc(-n2c3ccccc3c3ccc(Oc4cccc([N+]5=C=[N+](c6c(-c7ccccc7)cccc6-c6ccccc6)c6c5ccc5ccccc65)c4)cc32)n1. The average molecular weight is 745 g/mol. The number of aromatic nitrogens is 2. The summed E-state index contributed by atoms with van der Waals surface area (Å²) in [4.78, 5) is 4.90. The van der Waals surface area contributed by atoms with Gasteiger partial charge >= 0.3 is 11.7 Å². The number of para-hydroxylation sites is 2. The first-order valence-electron chi connectivity index (χ1n) is 19.6. The maximum Gasteiger partial charge on any atom is 0.503 e. The van der Waals surface area contributed by atoms with Crippen molar-refractivity contribution in [2.24, 2.45) is 0 Å². The minimum absolute atomic E-state index is 0.727. The van der Waals surface area contributed by atoms with Crippen LogP contribution in [0.1, 0.15) is 5.69 Å². The van der Waals surface area contributed by atoms with Gasteiger partial charge < -0.3 is 4.74 Å². The predicted molar refractivity (Wildman–Crippen MR) is 239 cm³/mol. The number of hydrogen-bond acceptors (Lipinski definition) is 2. The lowest BCUT2D eigenvalue weighted by Crippen LogP contribution is -2.05. The fraction of sp³-hybridized carbons (Fsp3) is 0.0189. The predicted octanol–water partition coefficient (Wildman–Crippen LogP) is 13.6. The van der Waals surface area contributed by atoms with Gasteiger partial charge in [0.25, 0.3) is 5.69 Å². The lowest BCUT2D eigenvalue weighted by molar-refractivity contribution is 0.483. The normalized spacial score (nSPS) is 12.2. The van der Waals surface area contributed by atoms with Crippen LogP contribution in [0.4, 0.5) is 22.7 Å². The highest BCUT2D eigenvalue weighted by Gasteiger charge is 2.41. The molecule has 8 aromatic carbocycles. The number of aryl methyl sites for hydroxylation is 1. The first kappa shape index (κ1) is 33.5. The second-order valence-corrected chi connectivity index (χ2v) is 14.6. The molecule has 0 unspecified atom stereocenters. The second kappa shape index (κ2) is 13.7. The Morgan fingerprint density at radius 3 is 1.91 bits per heavy atom. The van der Waals surface area contributed by atoms with Gasteiger partial charge in [0, 0.05) is 34.7 Å². The second-order valence-electron chi connectivity index (χ2n) is 14.6. The molecular formula is C53H36N4O+2. The van der Waals surface area contributed by atoms with Crippen molar-refractivity contribution in [2.75, 3.05) is 0 Å². The van der Waals surface area contributed by atoms with E-state index in [0.29, 0.717) is 0 Å². The van der Waals surface area contributed by atoms with E-state index in [1.807, 2.05) is 19.1 Å². The van der Waals surface area contributed by atoms with Gasteiger partial charge in [-0.15, -0.1) is 0 Å². The highest BCUT2D eigenvalue weighted by atomic mass is 16.5. The van der Waals surface area contributed by atoms with E-state index in [2.05, 4.69) is 208 Å². The van der Waals surface area contributed by atoms with E-state index in [1.165, 1.54) is 10.8 Å². The molecule has 272 valence electrons. The van der Waals surface area contributed by atoms with E-state index in [-0.39, 0.29) is 0 Å². The summed E-state index contributed by atoms with van der Waals surface area (Å²) in [7, 11) is 0. The van der Waals surface area contributed by atoms with E-state index in [4.69, 9.17) is 9.72 Å². The highest BCUT2D eigenvalue weighted by molar-refractivity contribution is 6.10. The number of benzene rings is 8. The summed E-state index contributed by atoms with van der Waals surface area (Å²) >= 11 is 0. The fourth-order valence-electron chi connectivity index (χ4n) is 8.44. The van der Waals surface area contributed by atoms with Crippen molar-refractivity contribution < 1.29 is 4.74 Å². The average Bonchev–Trinajstić information content (AvgIpc) is 3.83. The van der Waals surface area contributed by atoms with Crippen LogP contribution in [0.15, 0.2) is 200 Å². The van der Waals surface area contributed by atoms with Gasteiger partial charge in [-0.1, -0.05) is 115 Å². The number of fused-ring (bicyclic) bond motifs is 6. The van der Waals surface area contributed by atoms with Crippen LogP contribution in [-0.2, 0) is 0 Å². The Balaban J connectivity index is 1.09. The standard InChI is InChI=1S/C53H36N4O/c1-36-15-12-28-51(54-36)57-48-27-11-10-24-46(48)47-31-30-42(34-50(47)57)58-41-22-13-21-40(33-41)55-35-56(53-45-23-9-8-20-39(45)29-32-49(53)55)52-43(37-16-4-2-5-17-37)25-14-26-44(52)38-18-6-3-7-19-38/h2-34H,1H3/q+2. The summed E-state index contributed by atoms with van der Waals surface area (Å²) in [5.41, 5.74) is 11.8. The van der Waals surface area contributed by atoms with Gasteiger partial charge in [0.05, 0.1) is 33.6 Å². The molecule has 0 atom stereocenters. The largest absolute Gasteiger partial charge is 0.503 e. The molecule has 5 nitrogen and oxygen atoms in total. The molecular weight excluding hydrogens is 709 g/mol. The molecule has 1 aliphatic rings. The van der Waals surface area contributed by atoms with Gasteiger partial charge in [0.15, 0.2) is 0 Å². The molecule has 5 heteroatoms. The zero-order valence-electron chi connectivity index (χ0n) is 31.7. The Kier molecular flexibility index (Phi) is 7.92. The van der Waals surface area contributed by atoms with E-state index in [1.54, 1.807) is 0 Å².